The lowest BCUT2D eigenvalue weighted by Crippen LogP contribution is -2.44. The van der Waals surface area contributed by atoms with E-state index in [9.17, 15) is 9.90 Å². The SMILES string of the molecule is CC[C@@]1(CO)CCCN(Cc2ccccc2OCC(=O)N2CCCCC2)C1. The largest absolute Gasteiger partial charge is 0.483 e. The predicted octanol–water partition coefficient (Wildman–Crippen LogP) is 3.06. The number of hydrogen-bond acceptors (Lipinski definition) is 4. The third kappa shape index (κ3) is 5.23. The Morgan fingerprint density at radius 3 is 2.67 bits per heavy atom. The number of piperidine rings is 2. The van der Waals surface area contributed by atoms with Crippen LogP contribution in [0.3, 0.4) is 0 Å². The number of likely N-dealkylation sites (tertiary alicyclic amines) is 2. The summed E-state index contributed by atoms with van der Waals surface area (Å²) in [6, 6.07) is 8.03. The van der Waals surface area contributed by atoms with E-state index in [-0.39, 0.29) is 24.5 Å². The van der Waals surface area contributed by atoms with Gasteiger partial charge in [0, 0.05) is 43.8 Å². The molecule has 27 heavy (non-hydrogen) atoms. The number of carbonyl (C=O) groups is 1. The smallest absolute Gasteiger partial charge is 0.260 e. The van der Waals surface area contributed by atoms with Crippen molar-refractivity contribution in [2.24, 2.45) is 5.41 Å². The van der Waals surface area contributed by atoms with E-state index in [1.165, 1.54) is 6.42 Å². The van der Waals surface area contributed by atoms with Crippen LogP contribution in [0, 0.1) is 5.41 Å². The number of aliphatic hydroxyl groups excluding tert-OH is 1. The fourth-order valence-corrected chi connectivity index (χ4v) is 4.36. The van der Waals surface area contributed by atoms with Crippen LogP contribution < -0.4 is 4.74 Å². The number of rotatable bonds is 7. The molecule has 0 unspecified atom stereocenters. The molecule has 2 aliphatic rings. The zero-order valence-electron chi connectivity index (χ0n) is 16.7. The molecule has 2 heterocycles. The summed E-state index contributed by atoms with van der Waals surface area (Å²) in [7, 11) is 0. The number of hydrogen-bond donors (Lipinski definition) is 1. The second kappa shape index (κ2) is 9.56. The first-order valence-corrected chi connectivity index (χ1v) is 10.5. The first-order valence-electron chi connectivity index (χ1n) is 10.5. The quantitative estimate of drug-likeness (QED) is 0.797. The molecule has 2 aliphatic heterocycles. The van der Waals surface area contributed by atoms with E-state index in [4.69, 9.17) is 4.74 Å². The number of aliphatic hydroxyl groups is 1. The van der Waals surface area contributed by atoms with Crippen molar-refractivity contribution in [2.45, 2.75) is 52.0 Å². The molecule has 0 saturated carbocycles. The van der Waals surface area contributed by atoms with Crippen LogP contribution >= 0.6 is 0 Å². The lowest BCUT2D eigenvalue weighted by molar-refractivity contribution is -0.134. The van der Waals surface area contributed by atoms with Gasteiger partial charge in [0.2, 0.25) is 0 Å². The van der Waals surface area contributed by atoms with E-state index in [1.807, 2.05) is 23.1 Å². The van der Waals surface area contributed by atoms with Gasteiger partial charge in [-0.1, -0.05) is 25.1 Å². The van der Waals surface area contributed by atoms with Crippen LogP contribution in [0.5, 0.6) is 5.75 Å². The van der Waals surface area contributed by atoms with Crippen molar-refractivity contribution >= 4 is 5.91 Å². The molecule has 5 heteroatoms. The summed E-state index contributed by atoms with van der Waals surface area (Å²) in [5.74, 6) is 0.896. The molecule has 1 atom stereocenters. The maximum atomic E-state index is 12.4. The van der Waals surface area contributed by atoms with Crippen LogP contribution in [0.4, 0.5) is 0 Å². The highest BCUT2D eigenvalue weighted by molar-refractivity contribution is 5.77. The van der Waals surface area contributed by atoms with Gasteiger partial charge in [-0.15, -0.1) is 0 Å². The number of ether oxygens (including phenoxy) is 1. The number of benzene rings is 1. The number of para-hydroxylation sites is 1. The Bertz CT molecular complexity index is 609. The van der Waals surface area contributed by atoms with Crippen molar-refractivity contribution in [1.29, 1.82) is 0 Å². The van der Waals surface area contributed by atoms with Gasteiger partial charge in [-0.3, -0.25) is 9.69 Å². The first kappa shape index (κ1) is 20.2. The Morgan fingerprint density at radius 1 is 1.15 bits per heavy atom. The molecule has 1 amide bonds. The molecule has 0 bridgehead atoms. The van der Waals surface area contributed by atoms with E-state index in [1.54, 1.807) is 0 Å². The maximum absolute atomic E-state index is 12.4. The fraction of sp³-hybridized carbons (Fsp3) is 0.682. The van der Waals surface area contributed by atoms with Crippen LogP contribution in [-0.4, -0.2) is 60.2 Å². The van der Waals surface area contributed by atoms with Gasteiger partial charge in [0.15, 0.2) is 6.61 Å². The van der Waals surface area contributed by atoms with E-state index < -0.39 is 0 Å². The molecule has 1 aromatic rings. The number of amides is 1. The van der Waals surface area contributed by atoms with Gasteiger partial charge in [-0.2, -0.15) is 0 Å². The monoisotopic (exact) mass is 374 g/mol. The summed E-state index contributed by atoms with van der Waals surface area (Å²) in [4.78, 5) is 16.7. The molecule has 5 nitrogen and oxygen atoms in total. The molecule has 3 rings (SSSR count). The van der Waals surface area contributed by atoms with Gasteiger partial charge in [-0.05, 0) is 51.1 Å². The van der Waals surface area contributed by atoms with Gasteiger partial charge < -0.3 is 14.7 Å². The molecule has 0 aromatic heterocycles. The average Bonchev–Trinajstić information content (AvgIpc) is 2.73. The van der Waals surface area contributed by atoms with Crippen molar-refractivity contribution in [3.63, 3.8) is 0 Å². The van der Waals surface area contributed by atoms with Gasteiger partial charge in [0.05, 0.1) is 0 Å². The Labute approximate surface area is 163 Å². The van der Waals surface area contributed by atoms with Crippen LogP contribution in [0.15, 0.2) is 24.3 Å². The highest BCUT2D eigenvalue weighted by Gasteiger charge is 2.33. The third-order valence-corrected chi connectivity index (χ3v) is 6.25. The summed E-state index contributed by atoms with van der Waals surface area (Å²) in [5.41, 5.74) is 1.15. The summed E-state index contributed by atoms with van der Waals surface area (Å²) < 4.78 is 5.93. The van der Waals surface area contributed by atoms with E-state index in [0.29, 0.717) is 0 Å². The molecule has 1 N–H and O–H groups in total. The van der Waals surface area contributed by atoms with Gasteiger partial charge in [0.25, 0.3) is 5.91 Å². The highest BCUT2D eigenvalue weighted by atomic mass is 16.5. The molecule has 1 aromatic carbocycles. The number of nitrogens with zero attached hydrogens (tertiary/aromatic N) is 2. The molecular formula is C22H34N2O3. The van der Waals surface area contributed by atoms with Gasteiger partial charge >= 0.3 is 0 Å². The maximum Gasteiger partial charge on any atom is 0.260 e. The number of carbonyl (C=O) groups excluding carboxylic acids is 1. The lowest BCUT2D eigenvalue weighted by atomic mass is 9.78. The van der Waals surface area contributed by atoms with E-state index >= 15 is 0 Å². The summed E-state index contributed by atoms with van der Waals surface area (Å²) in [6.45, 7) is 7.02. The molecule has 2 saturated heterocycles. The molecule has 0 radical (unpaired) electrons. The second-order valence-electron chi connectivity index (χ2n) is 8.16. The predicted molar refractivity (Wildman–Crippen MR) is 107 cm³/mol. The van der Waals surface area contributed by atoms with Crippen LogP contribution in [0.25, 0.3) is 0 Å². The Hall–Kier alpha value is -1.59. The third-order valence-electron chi connectivity index (χ3n) is 6.25. The first-order chi connectivity index (χ1) is 13.2. The van der Waals surface area contributed by atoms with Gasteiger partial charge in [-0.25, -0.2) is 0 Å². The van der Waals surface area contributed by atoms with Crippen LogP contribution in [-0.2, 0) is 11.3 Å². The normalized spacial score (nSPS) is 24.0. The van der Waals surface area contributed by atoms with Crippen LogP contribution in [0.1, 0.15) is 51.0 Å². The molecule has 0 aliphatic carbocycles. The lowest BCUT2D eigenvalue weighted by Gasteiger charge is -2.41. The van der Waals surface area contributed by atoms with E-state index in [0.717, 1.165) is 76.1 Å². The van der Waals surface area contributed by atoms with Gasteiger partial charge in [0.1, 0.15) is 5.75 Å². The minimum atomic E-state index is 0.0261. The average molecular weight is 375 g/mol. The van der Waals surface area contributed by atoms with Crippen molar-refractivity contribution in [3.8, 4) is 5.75 Å². The van der Waals surface area contributed by atoms with E-state index in [2.05, 4.69) is 17.9 Å². The van der Waals surface area contributed by atoms with Crippen molar-refractivity contribution < 1.29 is 14.6 Å². The Kier molecular flexibility index (Phi) is 7.13. The Morgan fingerprint density at radius 2 is 1.93 bits per heavy atom. The minimum Gasteiger partial charge on any atom is -0.483 e. The Balaban J connectivity index is 1.59. The zero-order valence-corrected chi connectivity index (χ0v) is 16.7. The van der Waals surface area contributed by atoms with Crippen molar-refractivity contribution in [3.05, 3.63) is 29.8 Å². The minimum absolute atomic E-state index is 0.0261. The molecule has 0 spiro atoms. The summed E-state index contributed by atoms with van der Waals surface area (Å²) in [6.07, 6.45) is 6.63. The standard InChI is InChI=1S/C22H34N2O3/c1-2-22(18-25)11-8-12-23(17-22)15-19-9-4-5-10-20(19)27-16-21(26)24-13-6-3-7-14-24/h4-5,9-10,25H,2-3,6-8,11-18H2,1H3/t22-/m1/s1. The summed E-state index contributed by atoms with van der Waals surface area (Å²) in [5, 5.41) is 9.86. The molecule has 150 valence electrons. The topological polar surface area (TPSA) is 53.0 Å². The zero-order chi connectivity index (χ0) is 19.1. The van der Waals surface area contributed by atoms with Crippen LogP contribution in [0.2, 0.25) is 0 Å². The fourth-order valence-electron chi connectivity index (χ4n) is 4.36. The van der Waals surface area contributed by atoms with Crippen molar-refractivity contribution in [2.75, 3.05) is 39.4 Å². The summed E-state index contributed by atoms with van der Waals surface area (Å²) >= 11 is 0. The highest BCUT2D eigenvalue weighted by Crippen LogP contribution is 2.34. The molecular weight excluding hydrogens is 340 g/mol. The van der Waals surface area contributed by atoms with Crippen molar-refractivity contribution in [1.82, 2.24) is 9.80 Å². The second-order valence-corrected chi connectivity index (χ2v) is 8.16. The molecule has 2 fully saturated rings.